The lowest BCUT2D eigenvalue weighted by Crippen LogP contribution is -2.38. The molecule has 1 N–H and O–H groups in total. The number of nitrogens with one attached hydrogen (secondary N) is 1. The van der Waals surface area contributed by atoms with Crippen LogP contribution >= 0.6 is 0 Å². The van der Waals surface area contributed by atoms with Gasteiger partial charge in [0.25, 0.3) is 0 Å². The van der Waals surface area contributed by atoms with Crippen molar-refractivity contribution in [3.05, 3.63) is 17.2 Å². The van der Waals surface area contributed by atoms with Crippen LogP contribution in [0.2, 0.25) is 0 Å². The topological polar surface area (TPSA) is 53.6 Å². The average molecular weight is 258 g/mol. The van der Waals surface area contributed by atoms with E-state index in [-0.39, 0.29) is 5.54 Å². The highest BCUT2D eigenvalue weighted by Gasteiger charge is 2.40. The Kier molecular flexibility index (Phi) is 3.10. The zero-order valence-corrected chi connectivity index (χ0v) is 11.9. The number of aryl methyl sites for hydroxylation is 2. The molecule has 4 nitrogen and oxygen atoms in total. The average Bonchev–Trinajstić information content (AvgIpc) is 2.99. The second kappa shape index (κ2) is 4.64. The molecule has 1 fully saturated rings. The first-order valence-corrected chi connectivity index (χ1v) is 7.36. The van der Waals surface area contributed by atoms with Gasteiger partial charge in [0.15, 0.2) is 0 Å². The van der Waals surface area contributed by atoms with E-state index in [0.29, 0.717) is 6.04 Å². The van der Waals surface area contributed by atoms with Gasteiger partial charge >= 0.3 is 0 Å². The number of nitriles is 1. The smallest absolute Gasteiger partial charge is 0.108 e. The molecule has 0 saturated heterocycles. The van der Waals surface area contributed by atoms with Crippen LogP contribution in [-0.2, 0) is 12.8 Å². The molecule has 1 heterocycles. The molecular weight excluding hydrogens is 236 g/mol. The largest absolute Gasteiger partial charge is 0.329 e. The molecule has 1 saturated carbocycles. The lowest BCUT2D eigenvalue weighted by atomic mass is 9.99. The predicted molar refractivity (Wildman–Crippen MR) is 73.9 cm³/mol. The van der Waals surface area contributed by atoms with Crippen LogP contribution in [0.5, 0.6) is 0 Å². The van der Waals surface area contributed by atoms with Gasteiger partial charge in [-0.1, -0.05) is 0 Å². The Morgan fingerprint density at radius 1 is 1.42 bits per heavy atom. The van der Waals surface area contributed by atoms with Crippen molar-refractivity contribution in [3.8, 4) is 6.07 Å². The van der Waals surface area contributed by atoms with E-state index >= 15 is 0 Å². The number of fused-ring (bicyclic) bond motifs is 1. The van der Waals surface area contributed by atoms with E-state index in [4.69, 9.17) is 4.98 Å². The Morgan fingerprint density at radius 2 is 2.21 bits per heavy atom. The normalized spacial score (nSPS) is 30.1. The van der Waals surface area contributed by atoms with E-state index in [1.54, 1.807) is 0 Å². The molecular formula is C15H22N4. The van der Waals surface area contributed by atoms with Crippen molar-refractivity contribution < 1.29 is 0 Å². The third-order valence-corrected chi connectivity index (χ3v) is 4.89. The molecule has 0 aliphatic heterocycles. The van der Waals surface area contributed by atoms with Crippen LogP contribution in [0.25, 0.3) is 0 Å². The summed E-state index contributed by atoms with van der Waals surface area (Å²) in [7, 11) is 1.90. The molecule has 0 bridgehead atoms. The summed E-state index contributed by atoms with van der Waals surface area (Å²) in [5, 5.41) is 12.6. The second-order valence-corrected chi connectivity index (χ2v) is 5.97. The summed E-state index contributed by atoms with van der Waals surface area (Å²) in [5.74, 6) is 1.14. The summed E-state index contributed by atoms with van der Waals surface area (Å²) in [6.45, 7) is 2.12. The molecule has 19 heavy (non-hydrogen) atoms. The summed E-state index contributed by atoms with van der Waals surface area (Å²) in [6.07, 6.45) is 7.77. The number of hydrogen-bond acceptors (Lipinski definition) is 3. The molecule has 2 atom stereocenters. The van der Waals surface area contributed by atoms with Gasteiger partial charge in [-0.15, -0.1) is 0 Å². The van der Waals surface area contributed by atoms with Crippen molar-refractivity contribution >= 4 is 0 Å². The standard InChI is InChI=1S/C15H22N4/c1-11-18-13-5-3-4-6-14(13)19(11)12-7-8-15(9-12,10-16)17-2/h12,17H,3-9H2,1-2H3. The zero-order chi connectivity index (χ0) is 13.5. The summed E-state index contributed by atoms with van der Waals surface area (Å²) in [5.41, 5.74) is 2.42. The third kappa shape index (κ3) is 1.97. The fraction of sp³-hybridized carbons (Fsp3) is 0.733. The van der Waals surface area contributed by atoms with Crippen LogP contribution in [0.3, 0.4) is 0 Å². The molecule has 2 aliphatic rings. The minimum atomic E-state index is -0.330. The number of aromatic nitrogens is 2. The fourth-order valence-corrected chi connectivity index (χ4v) is 3.81. The first-order chi connectivity index (χ1) is 9.19. The Balaban J connectivity index is 1.92. The molecule has 1 aromatic heterocycles. The molecule has 2 aliphatic carbocycles. The van der Waals surface area contributed by atoms with Gasteiger partial charge in [-0.05, 0) is 58.9 Å². The summed E-state index contributed by atoms with van der Waals surface area (Å²) >= 11 is 0. The monoisotopic (exact) mass is 258 g/mol. The van der Waals surface area contributed by atoms with Gasteiger partial charge in [0, 0.05) is 11.7 Å². The van der Waals surface area contributed by atoms with E-state index in [1.165, 1.54) is 24.2 Å². The number of nitrogens with zero attached hydrogens (tertiary/aromatic N) is 3. The highest BCUT2D eigenvalue weighted by molar-refractivity contribution is 5.23. The quantitative estimate of drug-likeness (QED) is 0.885. The molecule has 102 valence electrons. The minimum absolute atomic E-state index is 0.330. The number of imidazole rings is 1. The van der Waals surface area contributed by atoms with Crippen LogP contribution < -0.4 is 5.32 Å². The van der Waals surface area contributed by atoms with Gasteiger partial charge in [0.05, 0.1) is 11.8 Å². The first-order valence-electron chi connectivity index (χ1n) is 7.36. The molecule has 0 aromatic carbocycles. The summed E-state index contributed by atoms with van der Waals surface area (Å²) in [6, 6.07) is 2.92. The van der Waals surface area contributed by atoms with Crippen LogP contribution in [0, 0.1) is 18.3 Å². The molecule has 4 heteroatoms. The van der Waals surface area contributed by atoms with Gasteiger partial charge in [-0.25, -0.2) is 4.98 Å². The lowest BCUT2D eigenvalue weighted by Gasteiger charge is -2.23. The summed E-state index contributed by atoms with van der Waals surface area (Å²) in [4.78, 5) is 4.75. The van der Waals surface area contributed by atoms with Crippen molar-refractivity contribution in [2.75, 3.05) is 7.05 Å². The third-order valence-electron chi connectivity index (χ3n) is 4.89. The molecule has 0 spiro atoms. The van der Waals surface area contributed by atoms with Gasteiger partial charge in [-0.2, -0.15) is 5.26 Å². The van der Waals surface area contributed by atoms with Gasteiger partial charge < -0.3 is 9.88 Å². The van der Waals surface area contributed by atoms with Crippen molar-refractivity contribution in [2.24, 2.45) is 0 Å². The first kappa shape index (κ1) is 12.7. The molecule has 2 unspecified atom stereocenters. The van der Waals surface area contributed by atoms with Crippen molar-refractivity contribution in [1.82, 2.24) is 14.9 Å². The van der Waals surface area contributed by atoms with Gasteiger partial charge in [0.2, 0.25) is 0 Å². The molecule has 1 aromatic rings. The van der Waals surface area contributed by atoms with E-state index in [2.05, 4.69) is 22.9 Å². The van der Waals surface area contributed by atoms with E-state index in [0.717, 1.165) is 37.9 Å². The highest BCUT2D eigenvalue weighted by atomic mass is 15.1. The zero-order valence-electron chi connectivity index (χ0n) is 11.9. The Labute approximate surface area is 114 Å². The van der Waals surface area contributed by atoms with Crippen LogP contribution in [0.4, 0.5) is 0 Å². The Morgan fingerprint density at radius 3 is 2.89 bits per heavy atom. The molecule has 3 rings (SSSR count). The Bertz CT molecular complexity index is 525. The highest BCUT2D eigenvalue weighted by Crippen LogP contribution is 2.40. The maximum Gasteiger partial charge on any atom is 0.108 e. The van der Waals surface area contributed by atoms with Crippen LogP contribution in [-0.4, -0.2) is 22.1 Å². The van der Waals surface area contributed by atoms with E-state index in [1.807, 2.05) is 7.05 Å². The van der Waals surface area contributed by atoms with E-state index in [9.17, 15) is 5.26 Å². The maximum absolute atomic E-state index is 9.40. The number of rotatable bonds is 2. The van der Waals surface area contributed by atoms with Crippen molar-refractivity contribution in [1.29, 1.82) is 5.26 Å². The summed E-state index contributed by atoms with van der Waals surface area (Å²) < 4.78 is 2.44. The van der Waals surface area contributed by atoms with Gasteiger partial charge in [0.1, 0.15) is 11.4 Å². The SMILES string of the molecule is CNC1(C#N)CCC(n2c(C)nc3c2CCCC3)C1. The minimum Gasteiger partial charge on any atom is -0.329 e. The van der Waals surface area contributed by atoms with E-state index < -0.39 is 0 Å². The fourth-order valence-electron chi connectivity index (χ4n) is 3.81. The molecule has 0 amide bonds. The number of hydrogen-bond donors (Lipinski definition) is 1. The Hall–Kier alpha value is -1.34. The lowest BCUT2D eigenvalue weighted by molar-refractivity contribution is 0.417. The maximum atomic E-state index is 9.40. The van der Waals surface area contributed by atoms with Gasteiger partial charge in [-0.3, -0.25) is 0 Å². The molecule has 0 radical (unpaired) electrons. The van der Waals surface area contributed by atoms with Crippen molar-refractivity contribution in [2.45, 2.75) is 63.5 Å². The van der Waals surface area contributed by atoms with Crippen LogP contribution in [0.1, 0.15) is 55.4 Å². The second-order valence-electron chi connectivity index (χ2n) is 5.97. The predicted octanol–water partition coefficient (Wildman–Crippen LogP) is 2.28. The van der Waals surface area contributed by atoms with Crippen LogP contribution in [0.15, 0.2) is 0 Å². The van der Waals surface area contributed by atoms with Crippen molar-refractivity contribution in [3.63, 3.8) is 0 Å².